The van der Waals surface area contributed by atoms with E-state index in [0.29, 0.717) is 25.3 Å². The molecule has 1 aliphatic carbocycles. The van der Waals surface area contributed by atoms with Crippen molar-refractivity contribution < 1.29 is 14.9 Å². The molecule has 0 aromatic heterocycles. The molecule has 2 rings (SSSR count). The molecule has 4 nitrogen and oxygen atoms in total. The zero-order valence-corrected chi connectivity index (χ0v) is 11.2. The van der Waals surface area contributed by atoms with Crippen molar-refractivity contribution in [3.05, 3.63) is 29.8 Å². The van der Waals surface area contributed by atoms with Crippen LogP contribution in [0.4, 0.5) is 0 Å². The number of ether oxygens (including phenoxy) is 1. The molecule has 106 valence electrons. The normalized spacial score (nSPS) is 19.3. The van der Waals surface area contributed by atoms with Crippen LogP contribution in [0.5, 0.6) is 5.75 Å². The molecule has 1 fully saturated rings. The minimum atomic E-state index is -0.675. The highest BCUT2D eigenvalue weighted by molar-refractivity contribution is 5.30. The molecule has 0 aliphatic heterocycles. The van der Waals surface area contributed by atoms with Crippen molar-refractivity contribution in [3.63, 3.8) is 0 Å². The molecule has 0 radical (unpaired) electrons. The zero-order valence-electron chi connectivity index (χ0n) is 11.2. The standard InChI is InChI=1S/C15H23NO3/c16-9-6-14(17)12-4-3-5-13(10-12)19-11-15(18)7-1-2-8-15/h3-5,10,14,17-18H,1-2,6-9,11,16H2/t14-/m1/s1. The molecule has 0 saturated heterocycles. The van der Waals surface area contributed by atoms with Gasteiger partial charge < -0.3 is 20.7 Å². The third-order valence-corrected chi connectivity index (χ3v) is 3.72. The van der Waals surface area contributed by atoms with E-state index in [1.807, 2.05) is 24.3 Å². The van der Waals surface area contributed by atoms with Gasteiger partial charge in [0, 0.05) is 0 Å². The van der Waals surface area contributed by atoms with Crippen LogP contribution in [0, 0.1) is 0 Å². The fourth-order valence-electron chi connectivity index (χ4n) is 2.53. The van der Waals surface area contributed by atoms with Gasteiger partial charge in [0.1, 0.15) is 12.4 Å². The molecule has 19 heavy (non-hydrogen) atoms. The van der Waals surface area contributed by atoms with Crippen molar-refractivity contribution >= 4 is 0 Å². The van der Waals surface area contributed by atoms with Gasteiger partial charge in [0.2, 0.25) is 0 Å². The van der Waals surface area contributed by atoms with Crippen LogP contribution in [0.2, 0.25) is 0 Å². The van der Waals surface area contributed by atoms with Gasteiger partial charge in [-0.05, 0) is 43.5 Å². The first-order chi connectivity index (χ1) is 9.13. The first-order valence-corrected chi connectivity index (χ1v) is 6.96. The number of aliphatic hydroxyl groups excluding tert-OH is 1. The molecule has 1 aromatic carbocycles. The maximum Gasteiger partial charge on any atom is 0.119 e. The minimum absolute atomic E-state index is 0.323. The van der Waals surface area contributed by atoms with Crippen LogP contribution in [-0.4, -0.2) is 29.0 Å². The molecule has 0 heterocycles. The van der Waals surface area contributed by atoms with Crippen molar-refractivity contribution in [1.29, 1.82) is 0 Å². The molecule has 0 bridgehead atoms. The van der Waals surface area contributed by atoms with Gasteiger partial charge in [0.05, 0.1) is 11.7 Å². The molecule has 4 heteroatoms. The van der Waals surface area contributed by atoms with Gasteiger partial charge in [-0.3, -0.25) is 0 Å². The monoisotopic (exact) mass is 265 g/mol. The van der Waals surface area contributed by atoms with Gasteiger partial charge in [-0.2, -0.15) is 0 Å². The summed E-state index contributed by atoms with van der Waals surface area (Å²) in [5, 5.41) is 20.1. The van der Waals surface area contributed by atoms with E-state index in [2.05, 4.69) is 0 Å². The van der Waals surface area contributed by atoms with Crippen molar-refractivity contribution in [3.8, 4) is 5.75 Å². The van der Waals surface area contributed by atoms with Gasteiger partial charge in [0.25, 0.3) is 0 Å². The van der Waals surface area contributed by atoms with Crippen LogP contribution in [0.25, 0.3) is 0 Å². The smallest absolute Gasteiger partial charge is 0.119 e. The summed E-state index contributed by atoms with van der Waals surface area (Å²) in [6.45, 7) is 0.773. The molecule has 1 atom stereocenters. The molecule has 1 saturated carbocycles. The molecule has 1 aliphatic rings. The Morgan fingerprint density at radius 2 is 2.05 bits per heavy atom. The highest BCUT2D eigenvalue weighted by Gasteiger charge is 2.31. The van der Waals surface area contributed by atoms with Crippen LogP contribution < -0.4 is 10.5 Å². The lowest BCUT2D eigenvalue weighted by atomic mass is 10.0. The van der Waals surface area contributed by atoms with E-state index in [9.17, 15) is 10.2 Å². The van der Waals surface area contributed by atoms with Crippen molar-refractivity contribution in [1.82, 2.24) is 0 Å². The predicted molar refractivity (Wildman–Crippen MR) is 74.0 cm³/mol. The number of nitrogens with two attached hydrogens (primary N) is 1. The van der Waals surface area contributed by atoms with Gasteiger partial charge in [-0.1, -0.05) is 25.0 Å². The first kappa shape index (κ1) is 14.3. The molecule has 0 amide bonds. The maximum absolute atomic E-state index is 10.2. The van der Waals surface area contributed by atoms with Gasteiger partial charge in [0.15, 0.2) is 0 Å². The van der Waals surface area contributed by atoms with Gasteiger partial charge in [-0.25, -0.2) is 0 Å². The van der Waals surface area contributed by atoms with Gasteiger partial charge >= 0.3 is 0 Å². The average Bonchev–Trinajstić information content (AvgIpc) is 2.85. The second-order valence-corrected chi connectivity index (χ2v) is 5.39. The molecule has 4 N–H and O–H groups in total. The quantitative estimate of drug-likeness (QED) is 0.732. The third-order valence-electron chi connectivity index (χ3n) is 3.72. The number of hydrogen-bond acceptors (Lipinski definition) is 4. The highest BCUT2D eigenvalue weighted by atomic mass is 16.5. The minimum Gasteiger partial charge on any atom is -0.491 e. The van der Waals surface area contributed by atoms with E-state index in [-0.39, 0.29) is 0 Å². The van der Waals surface area contributed by atoms with Crippen LogP contribution >= 0.6 is 0 Å². The van der Waals surface area contributed by atoms with Gasteiger partial charge in [-0.15, -0.1) is 0 Å². The van der Waals surface area contributed by atoms with Crippen LogP contribution in [-0.2, 0) is 0 Å². The number of rotatable bonds is 6. The average molecular weight is 265 g/mol. The Bertz CT molecular complexity index is 402. The lowest BCUT2D eigenvalue weighted by molar-refractivity contribution is 0.00134. The predicted octanol–water partition coefficient (Wildman–Crippen LogP) is 1.75. The first-order valence-electron chi connectivity index (χ1n) is 6.96. The fraction of sp³-hybridized carbons (Fsp3) is 0.600. The maximum atomic E-state index is 10.2. The summed E-state index contributed by atoms with van der Waals surface area (Å²) in [5.41, 5.74) is 5.57. The summed E-state index contributed by atoms with van der Waals surface area (Å²) in [4.78, 5) is 0. The van der Waals surface area contributed by atoms with Crippen LogP contribution in [0.15, 0.2) is 24.3 Å². The third kappa shape index (κ3) is 3.93. The molecule has 0 spiro atoms. The number of hydrogen-bond donors (Lipinski definition) is 3. The summed E-state index contributed by atoms with van der Waals surface area (Å²) < 4.78 is 5.67. The Balaban J connectivity index is 1.95. The number of benzene rings is 1. The molecule has 0 unspecified atom stereocenters. The SMILES string of the molecule is NCC[C@@H](O)c1cccc(OCC2(O)CCCC2)c1. The van der Waals surface area contributed by atoms with Crippen molar-refractivity contribution in [2.75, 3.05) is 13.2 Å². The zero-order chi connectivity index (χ0) is 13.7. The topological polar surface area (TPSA) is 75.7 Å². The number of aliphatic hydroxyl groups is 2. The van der Waals surface area contributed by atoms with E-state index < -0.39 is 11.7 Å². The fourth-order valence-corrected chi connectivity index (χ4v) is 2.53. The molecule has 1 aromatic rings. The second kappa shape index (κ2) is 6.37. The van der Waals surface area contributed by atoms with Crippen LogP contribution in [0.3, 0.4) is 0 Å². The van der Waals surface area contributed by atoms with E-state index in [0.717, 1.165) is 31.2 Å². The Morgan fingerprint density at radius 1 is 1.32 bits per heavy atom. The van der Waals surface area contributed by atoms with E-state index in [1.165, 1.54) is 0 Å². The summed E-state index contributed by atoms with van der Waals surface area (Å²) >= 11 is 0. The highest BCUT2D eigenvalue weighted by Crippen LogP contribution is 2.30. The molecular weight excluding hydrogens is 242 g/mol. The van der Waals surface area contributed by atoms with E-state index in [4.69, 9.17) is 10.5 Å². The van der Waals surface area contributed by atoms with Crippen molar-refractivity contribution in [2.24, 2.45) is 5.73 Å². The summed E-state index contributed by atoms with van der Waals surface area (Å²) in [7, 11) is 0. The Hall–Kier alpha value is -1.10. The largest absolute Gasteiger partial charge is 0.491 e. The second-order valence-electron chi connectivity index (χ2n) is 5.39. The van der Waals surface area contributed by atoms with E-state index >= 15 is 0 Å². The molecular formula is C15H23NO3. The lowest BCUT2D eigenvalue weighted by Gasteiger charge is -2.22. The summed E-state index contributed by atoms with van der Waals surface area (Å²) in [6, 6.07) is 7.37. The Morgan fingerprint density at radius 3 is 2.74 bits per heavy atom. The van der Waals surface area contributed by atoms with Crippen LogP contribution in [0.1, 0.15) is 43.8 Å². The Kier molecular flexibility index (Phi) is 4.80. The van der Waals surface area contributed by atoms with Crippen molar-refractivity contribution in [2.45, 2.75) is 43.8 Å². The lowest BCUT2D eigenvalue weighted by Crippen LogP contribution is -2.32. The Labute approximate surface area is 114 Å². The van der Waals surface area contributed by atoms with E-state index in [1.54, 1.807) is 0 Å². The summed E-state index contributed by atoms with van der Waals surface area (Å²) in [5.74, 6) is 0.689. The summed E-state index contributed by atoms with van der Waals surface area (Å²) in [6.07, 6.45) is 3.73.